The maximum atomic E-state index is 11.9. The van der Waals surface area contributed by atoms with Crippen molar-refractivity contribution >= 4 is 5.91 Å². The highest BCUT2D eigenvalue weighted by molar-refractivity contribution is 5.77. The molecule has 2 atom stereocenters. The summed E-state index contributed by atoms with van der Waals surface area (Å²) in [6, 6.07) is 8.21. The van der Waals surface area contributed by atoms with Gasteiger partial charge in [0.15, 0.2) is 0 Å². The lowest BCUT2D eigenvalue weighted by molar-refractivity contribution is -0.122. The summed E-state index contributed by atoms with van der Waals surface area (Å²) in [6.45, 7) is 4.08. The summed E-state index contributed by atoms with van der Waals surface area (Å²) < 4.78 is 0. The van der Waals surface area contributed by atoms with E-state index in [2.05, 4.69) is 24.4 Å². The molecule has 18 heavy (non-hydrogen) atoms. The van der Waals surface area contributed by atoms with Crippen LogP contribution in [0.25, 0.3) is 0 Å². The van der Waals surface area contributed by atoms with Crippen LogP contribution in [0, 0.1) is 12.8 Å². The van der Waals surface area contributed by atoms with E-state index in [9.17, 15) is 4.79 Å². The number of benzene rings is 1. The number of hydrogen-bond acceptors (Lipinski definition) is 2. The van der Waals surface area contributed by atoms with Crippen molar-refractivity contribution in [2.75, 3.05) is 0 Å². The summed E-state index contributed by atoms with van der Waals surface area (Å²) in [5.74, 6) is 0.634. The first-order valence-corrected chi connectivity index (χ1v) is 6.68. The van der Waals surface area contributed by atoms with Gasteiger partial charge in [-0.05, 0) is 43.7 Å². The Balaban J connectivity index is 1.88. The average molecular weight is 246 g/mol. The van der Waals surface area contributed by atoms with Gasteiger partial charge in [-0.25, -0.2) is 0 Å². The quantitative estimate of drug-likeness (QED) is 0.837. The fourth-order valence-electron chi connectivity index (χ4n) is 2.36. The summed E-state index contributed by atoms with van der Waals surface area (Å²) in [6.07, 6.45) is 2.81. The summed E-state index contributed by atoms with van der Waals surface area (Å²) in [5, 5.41) is 3.03. The maximum Gasteiger partial charge on any atom is 0.222 e. The van der Waals surface area contributed by atoms with Gasteiger partial charge in [0.1, 0.15) is 0 Å². The minimum Gasteiger partial charge on any atom is -0.350 e. The van der Waals surface area contributed by atoms with Crippen molar-refractivity contribution in [3.05, 3.63) is 35.4 Å². The molecular formula is C15H22N2O. The van der Waals surface area contributed by atoms with Gasteiger partial charge in [0.05, 0.1) is 6.04 Å². The molecule has 3 nitrogen and oxygen atoms in total. The number of nitrogens with one attached hydrogen (secondary N) is 1. The van der Waals surface area contributed by atoms with Crippen molar-refractivity contribution in [2.45, 2.75) is 45.2 Å². The third-order valence-corrected chi connectivity index (χ3v) is 3.68. The number of aryl methyl sites for hydroxylation is 1. The summed E-state index contributed by atoms with van der Waals surface area (Å²) >= 11 is 0. The Bertz CT molecular complexity index is 426. The van der Waals surface area contributed by atoms with Crippen LogP contribution in [0.2, 0.25) is 0 Å². The van der Waals surface area contributed by atoms with Crippen LogP contribution in [0.5, 0.6) is 0 Å². The van der Waals surface area contributed by atoms with Gasteiger partial charge in [0, 0.05) is 12.5 Å². The Labute approximate surface area is 109 Å². The topological polar surface area (TPSA) is 55.1 Å². The molecule has 1 aliphatic rings. The molecule has 98 valence electrons. The Morgan fingerprint density at radius 3 is 2.72 bits per heavy atom. The predicted molar refractivity (Wildman–Crippen MR) is 73.1 cm³/mol. The molecule has 0 radical (unpaired) electrons. The van der Waals surface area contributed by atoms with E-state index in [4.69, 9.17) is 5.73 Å². The highest BCUT2D eigenvalue weighted by atomic mass is 16.1. The number of nitrogens with two attached hydrogens (primary N) is 1. The Kier molecular flexibility index (Phi) is 4.02. The third-order valence-electron chi connectivity index (χ3n) is 3.68. The number of carbonyl (C=O) groups is 1. The lowest BCUT2D eigenvalue weighted by Gasteiger charge is -2.18. The minimum absolute atomic E-state index is 0.0362. The van der Waals surface area contributed by atoms with Crippen LogP contribution >= 0.6 is 0 Å². The van der Waals surface area contributed by atoms with Gasteiger partial charge in [-0.3, -0.25) is 4.79 Å². The molecule has 0 aromatic heterocycles. The highest BCUT2D eigenvalue weighted by Crippen LogP contribution is 2.32. The van der Waals surface area contributed by atoms with Gasteiger partial charge in [-0.2, -0.15) is 0 Å². The third kappa shape index (κ3) is 3.33. The van der Waals surface area contributed by atoms with E-state index in [0.717, 1.165) is 0 Å². The van der Waals surface area contributed by atoms with Crippen molar-refractivity contribution in [3.63, 3.8) is 0 Å². The zero-order valence-corrected chi connectivity index (χ0v) is 11.1. The Morgan fingerprint density at radius 1 is 1.44 bits per heavy atom. The van der Waals surface area contributed by atoms with Crippen molar-refractivity contribution < 1.29 is 4.79 Å². The molecule has 0 saturated heterocycles. The van der Waals surface area contributed by atoms with E-state index in [-0.39, 0.29) is 18.0 Å². The lowest BCUT2D eigenvalue weighted by atomic mass is 10.0. The highest BCUT2D eigenvalue weighted by Gasteiger charge is 2.30. The number of hydrogen-bond donors (Lipinski definition) is 2. The van der Waals surface area contributed by atoms with E-state index < -0.39 is 0 Å². The molecule has 1 aliphatic carbocycles. The summed E-state index contributed by atoms with van der Waals surface area (Å²) in [7, 11) is 0. The van der Waals surface area contributed by atoms with E-state index in [0.29, 0.717) is 12.3 Å². The molecule has 0 heterocycles. The molecule has 1 fully saturated rings. The van der Waals surface area contributed by atoms with Gasteiger partial charge in [-0.1, -0.05) is 24.3 Å². The van der Waals surface area contributed by atoms with Crippen molar-refractivity contribution in [1.29, 1.82) is 0 Å². The van der Waals surface area contributed by atoms with Gasteiger partial charge in [0.2, 0.25) is 5.91 Å². The molecule has 1 unspecified atom stereocenters. The molecule has 1 saturated carbocycles. The van der Waals surface area contributed by atoms with Crippen LogP contribution in [0.4, 0.5) is 0 Å². The van der Waals surface area contributed by atoms with Crippen LogP contribution in [0.3, 0.4) is 0 Å². The molecule has 1 aromatic rings. The zero-order valence-electron chi connectivity index (χ0n) is 11.1. The molecule has 3 heteroatoms. The predicted octanol–water partition coefficient (Wildman–Crippen LogP) is 2.30. The van der Waals surface area contributed by atoms with Crippen LogP contribution in [0.15, 0.2) is 24.3 Å². The van der Waals surface area contributed by atoms with Crippen molar-refractivity contribution in [3.8, 4) is 0 Å². The number of amides is 1. The van der Waals surface area contributed by atoms with Gasteiger partial charge in [0.25, 0.3) is 0 Å². The standard InChI is InChI=1S/C15H22N2O/c1-10-5-3-4-6-13(10)11(2)17-15(18)9-14(16)12-7-8-12/h3-6,11-12,14H,7-9,16H2,1-2H3,(H,17,18)/t11-,14?/m1/s1. The molecule has 0 spiro atoms. The van der Waals surface area contributed by atoms with Gasteiger partial charge < -0.3 is 11.1 Å². The van der Waals surface area contributed by atoms with E-state index in [1.54, 1.807) is 0 Å². The second-order valence-corrected chi connectivity index (χ2v) is 5.35. The molecule has 3 N–H and O–H groups in total. The van der Waals surface area contributed by atoms with Crippen LogP contribution in [0.1, 0.15) is 43.4 Å². The first-order chi connectivity index (χ1) is 8.58. The molecule has 1 aromatic carbocycles. The lowest BCUT2D eigenvalue weighted by Crippen LogP contribution is -2.34. The number of carbonyl (C=O) groups excluding carboxylic acids is 1. The van der Waals surface area contributed by atoms with E-state index in [1.165, 1.54) is 24.0 Å². The molecule has 2 rings (SSSR count). The van der Waals surface area contributed by atoms with Crippen LogP contribution in [-0.2, 0) is 4.79 Å². The molecule has 0 bridgehead atoms. The van der Waals surface area contributed by atoms with Crippen LogP contribution in [-0.4, -0.2) is 11.9 Å². The normalized spacial score (nSPS) is 18.2. The zero-order chi connectivity index (χ0) is 13.1. The smallest absolute Gasteiger partial charge is 0.222 e. The van der Waals surface area contributed by atoms with E-state index >= 15 is 0 Å². The second kappa shape index (κ2) is 5.53. The Morgan fingerprint density at radius 2 is 2.11 bits per heavy atom. The minimum atomic E-state index is 0.0362. The molecule has 1 amide bonds. The van der Waals surface area contributed by atoms with Crippen molar-refractivity contribution in [2.24, 2.45) is 11.7 Å². The SMILES string of the molecule is Cc1ccccc1[C@@H](C)NC(=O)CC(N)C1CC1. The first kappa shape index (κ1) is 13.1. The van der Waals surface area contributed by atoms with Gasteiger partial charge in [-0.15, -0.1) is 0 Å². The largest absolute Gasteiger partial charge is 0.350 e. The molecular weight excluding hydrogens is 224 g/mol. The first-order valence-electron chi connectivity index (χ1n) is 6.68. The van der Waals surface area contributed by atoms with E-state index in [1.807, 2.05) is 19.1 Å². The average Bonchev–Trinajstić information content (AvgIpc) is 3.12. The maximum absolute atomic E-state index is 11.9. The van der Waals surface area contributed by atoms with Crippen LogP contribution < -0.4 is 11.1 Å². The summed E-state index contributed by atoms with van der Waals surface area (Å²) in [5.41, 5.74) is 8.34. The fourth-order valence-corrected chi connectivity index (χ4v) is 2.36. The second-order valence-electron chi connectivity index (χ2n) is 5.35. The summed E-state index contributed by atoms with van der Waals surface area (Å²) in [4.78, 5) is 11.9. The van der Waals surface area contributed by atoms with Crippen molar-refractivity contribution in [1.82, 2.24) is 5.32 Å². The number of rotatable bonds is 5. The monoisotopic (exact) mass is 246 g/mol. The van der Waals surface area contributed by atoms with Gasteiger partial charge >= 0.3 is 0 Å². The fraction of sp³-hybridized carbons (Fsp3) is 0.533. The Hall–Kier alpha value is -1.35. The molecule has 0 aliphatic heterocycles.